The molecule has 0 bridgehead atoms. The van der Waals surface area contributed by atoms with Crippen molar-refractivity contribution in [3.8, 4) is 5.75 Å². The maximum Gasteiger partial charge on any atom is 0.245 e. The van der Waals surface area contributed by atoms with Crippen molar-refractivity contribution in [2.24, 2.45) is 0 Å². The van der Waals surface area contributed by atoms with E-state index in [-0.39, 0.29) is 0 Å². The summed E-state index contributed by atoms with van der Waals surface area (Å²) in [6.07, 6.45) is 1.02. The smallest absolute Gasteiger partial charge is 0.245 e. The second-order valence-corrected chi connectivity index (χ2v) is 5.97. The van der Waals surface area contributed by atoms with Crippen molar-refractivity contribution in [2.45, 2.75) is 13.0 Å². The molecule has 1 unspecified atom stereocenters. The zero-order valence-electron chi connectivity index (χ0n) is 10.3. The fourth-order valence-electron chi connectivity index (χ4n) is 1.54. The third-order valence-corrected chi connectivity index (χ3v) is 3.90. The Labute approximate surface area is 111 Å². The minimum absolute atomic E-state index is 0.332. The van der Waals surface area contributed by atoms with Crippen molar-refractivity contribution in [1.29, 1.82) is 0 Å². The molecule has 7 heteroatoms. The van der Waals surface area contributed by atoms with Gasteiger partial charge in [0.25, 0.3) is 0 Å². The van der Waals surface area contributed by atoms with Gasteiger partial charge >= 0.3 is 0 Å². The van der Waals surface area contributed by atoms with Crippen LogP contribution in [0.3, 0.4) is 0 Å². The lowest BCUT2D eigenvalue weighted by Gasteiger charge is -2.26. The molecule has 0 N–H and O–H groups in total. The van der Waals surface area contributed by atoms with Crippen LogP contribution in [-0.4, -0.2) is 33.1 Å². The number of nitrogens with zero attached hydrogens (tertiary/aromatic N) is 1. The van der Waals surface area contributed by atoms with Gasteiger partial charge in [-0.3, -0.25) is 9.10 Å². The van der Waals surface area contributed by atoms with Crippen LogP contribution in [0.4, 0.5) is 5.69 Å². The number of rotatable bonds is 5. The van der Waals surface area contributed by atoms with E-state index in [0.717, 1.165) is 10.6 Å². The molecule has 1 rings (SSSR count). The van der Waals surface area contributed by atoms with Crippen LogP contribution in [0.2, 0.25) is 0 Å². The minimum atomic E-state index is -3.61. The summed E-state index contributed by atoms with van der Waals surface area (Å²) in [6.45, 7) is 1.43. The lowest BCUT2D eigenvalue weighted by atomic mass is 10.2. The molecule has 0 saturated heterocycles. The van der Waals surface area contributed by atoms with E-state index in [9.17, 15) is 13.2 Å². The number of ether oxygens (including phenoxy) is 1. The highest BCUT2D eigenvalue weighted by atomic mass is 35.5. The Morgan fingerprint density at radius 2 is 2.06 bits per heavy atom. The lowest BCUT2D eigenvalue weighted by Crippen LogP contribution is -2.41. The molecule has 1 atom stereocenters. The van der Waals surface area contributed by atoms with Gasteiger partial charge in [-0.2, -0.15) is 0 Å². The highest BCUT2D eigenvalue weighted by Gasteiger charge is 2.28. The number of hydrogen-bond acceptors (Lipinski definition) is 4. The molecule has 0 spiro atoms. The first-order valence-corrected chi connectivity index (χ1v) is 7.33. The summed E-state index contributed by atoms with van der Waals surface area (Å²) in [5.41, 5.74) is 0.332. The summed E-state index contributed by atoms with van der Waals surface area (Å²) in [5.74, 6) is 0.496. The molecule has 100 valence electrons. The molecule has 5 nitrogen and oxygen atoms in total. The van der Waals surface area contributed by atoms with Crippen molar-refractivity contribution in [1.82, 2.24) is 0 Å². The SMILES string of the molecule is COc1cccc(N(C(C)C(=O)Cl)S(C)(=O)=O)c1. The summed E-state index contributed by atoms with van der Waals surface area (Å²) in [7, 11) is -2.14. The first-order chi connectivity index (χ1) is 8.27. The number of hydrogen-bond donors (Lipinski definition) is 0. The molecule has 0 fully saturated rings. The van der Waals surface area contributed by atoms with E-state index in [4.69, 9.17) is 16.3 Å². The monoisotopic (exact) mass is 291 g/mol. The van der Waals surface area contributed by atoms with Gasteiger partial charge in [-0.25, -0.2) is 8.42 Å². The van der Waals surface area contributed by atoms with Crippen molar-refractivity contribution in [3.05, 3.63) is 24.3 Å². The van der Waals surface area contributed by atoms with Crippen LogP contribution in [0.25, 0.3) is 0 Å². The Morgan fingerprint density at radius 3 is 2.50 bits per heavy atom. The van der Waals surface area contributed by atoms with Crippen LogP contribution in [0.15, 0.2) is 24.3 Å². The van der Waals surface area contributed by atoms with Crippen LogP contribution in [0.1, 0.15) is 6.92 Å². The molecule has 1 aromatic rings. The van der Waals surface area contributed by atoms with Gasteiger partial charge in [-0.1, -0.05) is 6.07 Å². The molecule has 18 heavy (non-hydrogen) atoms. The predicted molar refractivity (Wildman–Crippen MR) is 70.6 cm³/mol. The molecule has 1 aromatic carbocycles. The molecule has 0 radical (unpaired) electrons. The number of sulfonamides is 1. The predicted octanol–water partition coefficient (Wildman–Crippen LogP) is 1.62. The largest absolute Gasteiger partial charge is 0.497 e. The third-order valence-electron chi connectivity index (χ3n) is 2.35. The summed E-state index contributed by atoms with van der Waals surface area (Å²) >= 11 is 5.38. The first-order valence-electron chi connectivity index (χ1n) is 5.10. The zero-order valence-corrected chi connectivity index (χ0v) is 11.8. The summed E-state index contributed by atoms with van der Waals surface area (Å²) < 4.78 is 29.5. The van der Waals surface area contributed by atoms with Gasteiger partial charge in [0.2, 0.25) is 15.3 Å². The standard InChI is InChI=1S/C11H14ClNO4S/c1-8(11(12)14)13(18(3,15)16)9-5-4-6-10(7-9)17-2/h4-8H,1-3H3. The van der Waals surface area contributed by atoms with Crippen LogP contribution in [-0.2, 0) is 14.8 Å². The van der Waals surface area contributed by atoms with E-state index < -0.39 is 21.3 Å². The second kappa shape index (κ2) is 5.58. The van der Waals surface area contributed by atoms with E-state index in [2.05, 4.69) is 0 Å². The summed E-state index contributed by atoms with van der Waals surface area (Å²) in [5, 5.41) is -0.747. The van der Waals surface area contributed by atoms with Crippen LogP contribution in [0.5, 0.6) is 5.75 Å². The third kappa shape index (κ3) is 3.36. The molecular weight excluding hydrogens is 278 g/mol. The van der Waals surface area contributed by atoms with E-state index in [1.54, 1.807) is 18.2 Å². The first kappa shape index (κ1) is 14.8. The molecular formula is C11H14ClNO4S. The average Bonchev–Trinajstić information content (AvgIpc) is 2.27. The molecule has 0 aromatic heterocycles. The highest BCUT2D eigenvalue weighted by Crippen LogP contribution is 2.25. The second-order valence-electron chi connectivity index (χ2n) is 3.74. The van der Waals surface area contributed by atoms with Crippen molar-refractivity contribution >= 4 is 32.6 Å². The van der Waals surface area contributed by atoms with Gasteiger partial charge in [0, 0.05) is 6.07 Å². The van der Waals surface area contributed by atoms with Crippen LogP contribution in [0, 0.1) is 0 Å². The van der Waals surface area contributed by atoms with Gasteiger partial charge in [-0.05, 0) is 30.7 Å². The lowest BCUT2D eigenvalue weighted by molar-refractivity contribution is -0.112. The van der Waals surface area contributed by atoms with Crippen LogP contribution >= 0.6 is 11.6 Å². The Balaban J connectivity index is 3.30. The van der Waals surface area contributed by atoms with E-state index in [1.165, 1.54) is 20.1 Å². The van der Waals surface area contributed by atoms with Crippen molar-refractivity contribution in [3.63, 3.8) is 0 Å². The van der Waals surface area contributed by atoms with Gasteiger partial charge in [-0.15, -0.1) is 0 Å². The topological polar surface area (TPSA) is 63.7 Å². The zero-order chi connectivity index (χ0) is 13.9. The van der Waals surface area contributed by atoms with Crippen LogP contribution < -0.4 is 9.04 Å². The average molecular weight is 292 g/mol. The molecule has 0 aliphatic heterocycles. The molecule has 0 heterocycles. The number of carbonyl (C=O) groups excluding carboxylic acids is 1. The van der Waals surface area contributed by atoms with E-state index in [0.29, 0.717) is 11.4 Å². The maximum absolute atomic E-state index is 11.8. The highest BCUT2D eigenvalue weighted by molar-refractivity contribution is 7.92. The van der Waals surface area contributed by atoms with Gasteiger partial charge in [0.1, 0.15) is 11.8 Å². The maximum atomic E-state index is 11.8. The molecule has 0 aliphatic rings. The minimum Gasteiger partial charge on any atom is -0.497 e. The van der Waals surface area contributed by atoms with E-state index >= 15 is 0 Å². The number of methoxy groups -OCH3 is 1. The molecule has 0 aliphatic carbocycles. The fraction of sp³-hybridized carbons (Fsp3) is 0.364. The van der Waals surface area contributed by atoms with Crippen molar-refractivity contribution < 1.29 is 17.9 Å². The quantitative estimate of drug-likeness (QED) is 0.773. The van der Waals surface area contributed by atoms with Gasteiger partial charge < -0.3 is 4.74 Å². The molecule has 0 saturated carbocycles. The van der Waals surface area contributed by atoms with E-state index in [1.807, 2.05) is 0 Å². The van der Waals surface area contributed by atoms with Gasteiger partial charge in [0.15, 0.2) is 0 Å². The number of halogens is 1. The Hall–Kier alpha value is -1.27. The summed E-state index contributed by atoms with van der Waals surface area (Å²) in [6, 6.07) is 5.43. The Bertz CT molecular complexity index is 544. The Morgan fingerprint density at radius 1 is 1.44 bits per heavy atom. The van der Waals surface area contributed by atoms with Crippen molar-refractivity contribution in [2.75, 3.05) is 17.7 Å². The normalized spacial score (nSPS) is 12.9. The fourth-order valence-corrected chi connectivity index (χ4v) is 2.86. The summed E-state index contributed by atoms with van der Waals surface area (Å²) in [4.78, 5) is 11.2. The Kier molecular flexibility index (Phi) is 4.59. The number of benzene rings is 1. The molecule has 0 amide bonds. The number of anilines is 1. The van der Waals surface area contributed by atoms with Gasteiger partial charge in [0.05, 0.1) is 19.1 Å². The number of carbonyl (C=O) groups is 1.